The quantitative estimate of drug-likeness (QED) is 0.811. The summed E-state index contributed by atoms with van der Waals surface area (Å²) in [6.45, 7) is 8.82. The van der Waals surface area contributed by atoms with Gasteiger partial charge in [0.25, 0.3) is 0 Å². The van der Waals surface area contributed by atoms with E-state index in [-0.39, 0.29) is 11.5 Å². The number of rotatable bonds is 4. The van der Waals surface area contributed by atoms with Crippen molar-refractivity contribution in [2.24, 2.45) is 5.41 Å². The molecule has 18 heavy (non-hydrogen) atoms. The molecule has 0 aromatic heterocycles. The number of thioether (sulfide) groups is 1. The molecular formula is C16H24OS. The van der Waals surface area contributed by atoms with E-state index in [1.807, 2.05) is 11.8 Å². The highest BCUT2D eigenvalue weighted by Gasteiger charge is 2.49. The molecule has 3 atom stereocenters. The lowest BCUT2D eigenvalue weighted by atomic mass is 9.55. The van der Waals surface area contributed by atoms with Crippen molar-refractivity contribution in [2.75, 3.05) is 0 Å². The summed E-state index contributed by atoms with van der Waals surface area (Å²) in [5.41, 5.74) is 1.46. The Bertz CT molecular complexity index is 398. The van der Waals surface area contributed by atoms with E-state index in [4.69, 9.17) is 0 Å². The van der Waals surface area contributed by atoms with Gasteiger partial charge in [-0.2, -0.15) is 0 Å². The van der Waals surface area contributed by atoms with Crippen molar-refractivity contribution in [1.29, 1.82) is 0 Å². The van der Waals surface area contributed by atoms with Crippen LogP contribution in [-0.2, 0) is 0 Å². The summed E-state index contributed by atoms with van der Waals surface area (Å²) in [6.07, 6.45) is 1.83. The monoisotopic (exact) mass is 264 g/mol. The molecule has 0 saturated heterocycles. The normalized spacial score (nSPS) is 31.4. The molecule has 0 heterocycles. The molecule has 1 nitrogen and oxygen atoms in total. The van der Waals surface area contributed by atoms with Crippen molar-refractivity contribution in [2.45, 2.75) is 62.7 Å². The lowest BCUT2D eigenvalue weighted by Gasteiger charge is -2.51. The Balaban J connectivity index is 2.11. The molecular weight excluding hydrogens is 240 g/mol. The van der Waals surface area contributed by atoms with Crippen LogP contribution < -0.4 is 0 Å². The molecule has 1 saturated carbocycles. The minimum Gasteiger partial charge on any atom is -0.393 e. The summed E-state index contributed by atoms with van der Waals surface area (Å²) in [6, 6.07) is 8.94. The van der Waals surface area contributed by atoms with Gasteiger partial charge < -0.3 is 5.11 Å². The maximum atomic E-state index is 9.97. The van der Waals surface area contributed by atoms with Gasteiger partial charge in [-0.3, -0.25) is 0 Å². The van der Waals surface area contributed by atoms with Gasteiger partial charge in [0.15, 0.2) is 0 Å². The summed E-state index contributed by atoms with van der Waals surface area (Å²) in [5.74, 6) is 0.524. The van der Waals surface area contributed by atoms with Crippen molar-refractivity contribution in [3.8, 4) is 0 Å². The first-order valence-corrected chi connectivity index (χ1v) is 7.80. The first-order valence-electron chi connectivity index (χ1n) is 6.92. The Hall–Kier alpha value is -0.470. The summed E-state index contributed by atoms with van der Waals surface area (Å²) < 4.78 is 0. The minimum absolute atomic E-state index is 0.0761. The van der Waals surface area contributed by atoms with Crippen LogP contribution in [-0.4, -0.2) is 16.5 Å². The highest BCUT2D eigenvalue weighted by atomic mass is 32.2. The minimum atomic E-state index is -0.128. The van der Waals surface area contributed by atoms with Crippen LogP contribution in [0.5, 0.6) is 0 Å². The second kappa shape index (κ2) is 5.26. The van der Waals surface area contributed by atoms with Gasteiger partial charge in [-0.1, -0.05) is 39.8 Å². The number of hydrogen-bond donors (Lipinski definition) is 1. The standard InChI is InChI=1S/C16H24OS/c1-5-16(4)14(10-15(16)17)12-6-8-13(9-7-12)18-11(2)3/h6-9,11,14-15,17H,5,10H2,1-4H3. The average Bonchev–Trinajstić information content (AvgIpc) is 2.35. The fourth-order valence-electron chi connectivity index (χ4n) is 2.88. The molecule has 0 radical (unpaired) electrons. The number of aliphatic hydroxyl groups excluding tert-OH is 1. The summed E-state index contributed by atoms with van der Waals surface area (Å²) >= 11 is 1.90. The Kier molecular flexibility index (Phi) is 4.08. The predicted molar refractivity (Wildman–Crippen MR) is 79.2 cm³/mol. The van der Waals surface area contributed by atoms with Crippen LogP contribution in [0.2, 0.25) is 0 Å². The lowest BCUT2D eigenvalue weighted by molar-refractivity contribution is -0.0777. The Morgan fingerprint density at radius 3 is 2.39 bits per heavy atom. The van der Waals surface area contributed by atoms with Gasteiger partial charge in [0, 0.05) is 15.6 Å². The zero-order valence-corrected chi connectivity index (χ0v) is 12.6. The molecule has 0 aliphatic heterocycles. The third-order valence-corrected chi connectivity index (χ3v) is 5.45. The van der Waals surface area contributed by atoms with E-state index < -0.39 is 0 Å². The molecule has 1 aromatic rings. The van der Waals surface area contributed by atoms with Crippen LogP contribution in [0.15, 0.2) is 29.2 Å². The predicted octanol–water partition coefficient (Wildman–Crippen LogP) is 4.45. The highest BCUT2D eigenvalue weighted by molar-refractivity contribution is 7.99. The van der Waals surface area contributed by atoms with Crippen molar-refractivity contribution in [3.05, 3.63) is 29.8 Å². The van der Waals surface area contributed by atoms with Crippen molar-refractivity contribution >= 4 is 11.8 Å². The molecule has 0 amide bonds. The van der Waals surface area contributed by atoms with Gasteiger partial charge in [-0.15, -0.1) is 11.8 Å². The first kappa shape index (κ1) is 14.0. The molecule has 1 N–H and O–H groups in total. The van der Waals surface area contributed by atoms with Crippen LogP contribution in [0, 0.1) is 5.41 Å². The van der Waals surface area contributed by atoms with Crippen LogP contribution in [0.3, 0.4) is 0 Å². The van der Waals surface area contributed by atoms with E-state index in [1.165, 1.54) is 10.5 Å². The molecule has 0 bridgehead atoms. The largest absolute Gasteiger partial charge is 0.393 e. The van der Waals surface area contributed by atoms with Crippen LogP contribution in [0.1, 0.15) is 52.0 Å². The Morgan fingerprint density at radius 2 is 1.94 bits per heavy atom. The van der Waals surface area contributed by atoms with Gasteiger partial charge in [0.2, 0.25) is 0 Å². The Morgan fingerprint density at radius 1 is 1.33 bits per heavy atom. The van der Waals surface area contributed by atoms with Gasteiger partial charge in [0.1, 0.15) is 0 Å². The van der Waals surface area contributed by atoms with Crippen molar-refractivity contribution < 1.29 is 5.11 Å². The fourth-order valence-corrected chi connectivity index (χ4v) is 3.72. The fraction of sp³-hybridized carbons (Fsp3) is 0.625. The van der Waals surface area contributed by atoms with Crippen LogP contribution in [0.4, 0.5) is 0 Å². The van der Waals surface area contributed by atoms with Crippen LogP contribution >= 0.6 is 11.8 Å². The van der Waals surface area contributed by atoms with E-state index >= 15 is 0 Å². The van der Waals surface area contributed by atoms with E-state index in [0.717, 1.165) is 12.8 Å². The smallest absolute Gasteiger partial charge is 0.0605 e. The van der Waals surface area contributed by atoms with Crippen LogP contribution in [0.25, 0.3) is 0 Å². The molecule has 2 rings (SSSR count). The summed E-state index contributed by atoms with van der Waals surface area (Å²) in [5, 5.41) is 10.6. The molecule has 0 spiro atoms. The third kappa shape index (κ3) is 2.46. The average molecular weight is 264 g/mol. The molecule has 1 fully saturated rings. The number of hydrogen-bond acceptors (Lipinski definition) is 2. The molecule has 2 heteroatoms. The maximum Gasteiger partial charge on any atom is 0.0605 e. The van der Waals surface area contributed by atoms with Gasteiger partial charge >= 0.3 is 0 Å². The summed E-state index contributed by atoms with van der Waals surface area (Å²) in [4.78, 5) is 1.34. The van der Waals surface area contributed by atoms with Crippen molar-refractivity contribution in [3.63, 3.8) is 0 Å². The molecule has 100 valence electrons. The van der Waals surface area contributed by atoms with E-state index in [2.05, 4.69) is 52.0 Å². The molecule has 1 aromatic carbocycles. The highest BCUT2D eigenvalue weighted by Crippen LogP contribution is 2.54. The topological polar surface area (TPSA) is 20.2 Å². The Labute approximate surface area is 115 Å². The maximum absolute atomic E-state index is 9.97. The van der Waals surface area contributed by atoms with Crippen molar-refractivity contribution in [1.82, 2.24) is 0 Å². The first-order chi connectivity index (χ1) is 8.47. The van der Waals surface area contributed by atoms with Gasteiger partial charge in [0.05, 0.1) is 6.10 Å². The van der Waals surface area contributed by atoms with Gasteiger partial charge in [-0.05, 0) is 36.5 Å². The van der Waals surface area contributed by atoms with E-state index in [9.17, 15) is 5.11 Å². The second-order valence-corrected chi connectivity index (χ2v) is 7.55. The zero-order chi connectivity index (χ0) is 13.3. The van der Waals surface area contributed by atoms with Gasteiger partial charge in [-0.25, -0.2) is 0 Å². The van der Waals surface area contributed by atoms with E-state index in [0.29, 0.717) is 11.2 Å². The number of benzene rings is 1. The third-order valence-electron chi connectivity index (χ3n) is 4.43. The SMILES string of the molecule is CCC1(C)C(O)CC1c1ccc(SC(C)C)cc1. The number of aliphatic hydroxyl groups is 1. The lowest BCUT2D eigenvalue weighted by Crippen LogP contribution is -2.49. The summed E-state index contributed by atoms with van der Waals surface area (Å²) in [7, 11) is 0. The zero-order valence-electron chi connectivity index (χ0n) is 11.8. The molecule has 3 unspecified atom stereocenters. The second-order valence-electron chi connectivity index (χ2n) is 5.90. The molecule has 1 aliphatic rings. The molecule has 1 aliphatic carbocycles. The van der Waals surface area contributed by atoms with E-state index in [1.54, 1.807) is 0 Å².